The summed E-state index contributed by atoms with van der Waals surface area (Å²) in [5, 5.41) is 3.18. The molecule has 0 bridgehead atoms. The van der Waals surface area contributed by atoms with Crippen molar-refractivity contribution in [1.82, 2.24) is 19.9 Å². The molecular weight excluding hydrogens is 328 g/mol. The van der Waals surface area contributed by atoms with Crippen molar-refractivity contribution < 1.29 is 0 Å². The molecule has 0 spiro atoms. The summed E-state index contributed by atoms with van der Waals surface area (Å²) in [5.41, 5.74) is 20.0. The summed E-state index contributed by atoms with van der Waals surface area (Å²) < 4.78 is 0. The van der Waals surface area contributed by atoms with Crippen LogP contribution in [0.25, 0.3) is 12.2 Å². The first-order chi connectivity index (χ1) is 12.6. The third-order valence-electron chi connectivity index (χ3n) is 3.68. The Labute approximate surface area is 151 Å². The van der Waals surface area contributed by atoms with E-state index in [1.807, 2.05) is 42.5 Å². The molecule has 2 heterocycles. The van der Waals surface area contributed by atoms with Crippen LogP contribution in [0.15, 0.2) is 42.6 Å². The predicted molar refractivity (Wildman–Crippen MR) is 105 cm³/mol. The molecule has 3 rings (SSSR count). The number of hydrogen-bond donors (Lipinski definition) is 4. The average Bonchev–Trinajstić information content (AvgIpc) is 2.63. The monoisotopic (exact) mass is 348 g/mol. The molecule has 2 aromatic heterocycles. The van der Waals surface area contributed by atoms with Crippen LogP contribution in [-0.2, 0) is 6.42 Å². The summed E-state index contributed by atoms with van der Waals surface area (Å²) in [6, 6.07) is 11.7. The average molecular weight is 348 g/mol. The lowest BCUT2D eigenvalue weighted by molar-refractivity contribution is 0.972. The number of rotatable bonds is 6. The van der Waals surface area contributed by atoms with Gasteiger partial charge >= 0.3 is 0 Å². The normalized spacial score (nSPS) is 10.9. The molecule has 0 aliphatic carbocycles. The Balaban J connectivity index is 1.76. The molecule has 26 heavy (non-hydrogen) atoms. The van der Waals surface area contributed by atoms with Gasteiger partial charge in [0.15, 0.2) is 0 Å². The van der Waals surface area contributed by atoms with Crippen molar-refractivity contribution in [2.45, 2.75) is 6.42 Å². The minimum Gasteiger partial charge on any atom is -0.383 e. The van der Waals surface area contributed by atoms with E-state index >= 15 is 0 Å². The van der Waals surface area contributed by atoms with E-state index in [2.05, 4.69) is 25.3 Å². The Morgan fingerprint density at radius 2 is 1.69 bits per heavy atom. The number of nitrogens with one attached hydrogen (secondary N) is 1. The lowest BCUT2D eigenvalue weighted by atomic mass is 10.1. The number of nitrogens with zero attached hydrogens (tertiary/aromatic N) is 4. The van der Waals surface area contributed by atoms with Gasteiger partial charge in [-0.2, -0.15) is 9.97 Å². The topological polar surface area (TPSA) is 142 Å². The second kappa shape index (κ2) is 7.93. The molecule has 0 radical (unpaired) electrons. The zero-order valence-corrected chi connectivity index (χ0v) is 14.1. The minimum absolute atomic E-state index is 0.149. The predicted octanol–water partition coefficient (Wildman–Crippen LogP) is 1.84. The highest BCUT2D eigenvalue weighted by atomic mass is 15.1. The number of aromatic nitrogens is 4. The quantitative estimate of drug-likeness (QED) is 0.528. The number of hydrogen-bond acceptors (Lipinski definition) is 8. The summed E-state index contributed by atoms with van der Waals surface area (Å²) in [4.78, 5) is 16.3. The van der Waals surface area contributed by atoms with Gasteiger partial charge in [0, 0.05) is 18.3 Å². The molecule has 3 aromatic rings. The van der Waals surface area contributed by atoms with Crippen LogP contribution in [-0.4, -0.2) is 26.5 Å². The van der Waals surface area contributed by atoms with Crippen molar-refractivity contribution >= 4 is 35.7 Å². The van der Waals surface area contributed by atoms with Gasteiger partial charge in [-0.3, -0.25) is 0 Å². The van der Waals surface area contributed by atoms with E-state index in [1.54, 1.807) is 12.3 Å². The second-order valence-corrected chi connectivity index (χ2v) is 5.55. The number of benzene rings is 1. The van der Waals surface area contributed by atoms with Crippen molar-refractivity contribution in [2.75, 3.05) is 29.1 Å². The Morgan fingerprint density at radius 3 is 2.46 bits per heavy atom. The maximum atomic E-state index is 6.06. The highest BCUT2D eigenvalue weighted by Crippen LogP contribution is 2.18. The number of nitrogen functional groups attached to an aromatic ring is 3. The first-order valence-corrected chi connectivity index (χ1v) is 8.09. The number of nitrogens with two attached hydrogens (primary N) is 3. The van der Waals surface area contributed by atoms with Gasteiger partial charge in [-0.15, -0.1) is 0 Å². The van der Waals surface area contributed by atoms with E-state index in [4.69, 9.17) is 17.2 Å². The van der Waals surface area contributed by atoms with Gasteiger partial charge in [0.2, 0.25) is 11.9 Å². The fourth-order valence-electron chi connectivity index (χ4n) is 2.46. The summed E-state index contributed by atoms with van der Waals surface area (Å²) in [5.74, 6) is 1.38. The van der Waals surface area contributed by atoms with Crippen molar-refractivity contribution in [3.8, 4) is 0 Å². The summed E-state index contributed by atoms with van der Waals surface area (Å²) in [7, 11) is 0. The molecule has 7 N–H and O–H groups in total. The van der Waals surface area contributed by atoms with Crippen LogP contribution in [0.4, 0.5) is 23.5 Å². The fourth-order valence-corrected chi connectivity index (χ4v) is 2.46. The van der Waals surface area contributed by atoms with Gasteiger partial charge in [-0.05, 0) is 24.1 Å². The molecule has 0 saturated heterocycles. The van der Waals surface area contributed by atoms with E-state index in [1.165, 1.54) is 0 Å². The van der Waals surface area contributed by atoms with Gasteiger partial charge in [0.25, 0.3) is 0 Å². The van der Waals surface area contributed by atoms with Crippen molar-refractivity contribution in [1.29, 1.82) is 0 Å². The Bertz CT molecular complexity index is 908. The second-order valence-electron chi connectivity index (χ2n) is 5.55. The Morgan fingerprint density at radius 1 is 0.885 bits per heavy atom. The summed E-state index contributed by atoms with van der Waals surface area (Å²) in [6.07, 6.45) is 6.05. The first kappa shape index (κ1) is 17.2. The maximum absolute atomic E-state index is 6.06. The van der Waals surface area contributed by atoms with Gasteiger partial charge in [-0.1, -0.05) is 36.4 Å². The maximum Gasteiger partial charge on any atom is 0.222 e. The summed E-state index contributed by atoms with van der Waals surface area (Å²) in [6.45, 7) is 0.583. The molecule has 0 atom stereocenters. The Hall–Kier alpha value is -3.68. The Kier molecular flexibility index (Phi) is 5.23. The molecule has 0 unspecified atom stereocenters. The SMILES string of the molecule is Nc1nccc(NCCc2c(N)nc(N)nc2C=Cc2ccccc2)n1. The summed E-state index contributed by atoms with van der Waals surface area (Å²) >= 11 is 0. The van der Waals surface area contributed by atoms with Crippen molar-refractivity contribution in [3.63, 3.8) is 0 Å². The lowest BCUT2D eigenvalue weighted by Crippen LogP contribution is -2.12. The van der Waals surface area contributed by atoms with Crippen molar-refractivity contribution in [2.24, 2.45) is 0 Å². The molecule has 1 aromatic carbocycles. The smallest absolute Gasteiger partial charge is 0.222 e. The van der Waals surface area contributed by atoms with Gasteiger partial charge < -0.3 is 22.5 Å². The van der Waals surface area contributed by atoms with Crippen LogP contribution in [0, 0.1) is 0 Å². The highest BCUT2D eigenvalue weighted by Gasteiger charge is 2.09. The minimum atomic E-state index is 0.149. The third kappa shape index (κ3) is 4.44. The van der Waals surface area contributed by atoms with Gasteiger partial charge in [0.05, 0.1) is 5.69 Å². The van der Waals surface area contributed by atoms with Crippen molar-refractivity contribution in [3.05, 3.63) is 59.4 Å². The standard InChI is InChI=1S/C18H20N8/c19-16-13(8-10-22-15-9-11-23-17(20)25-15)14(24-18(21)26-16)7-6-12-4-2-1-3-5-12/h1-7,9,11H,8,10H2,(H4,19,21,24,26)(H3,20,22,23,25). The third-order valence-corrected chi connectivity index (χ3v) is 3.68. The van der Waals surface area contributed by atoms with Crippen LogP contribution >= 0.6 is 0 Å². The van der Waals surface area contributed by atoms with E-state index in [0.29, 0.717) is 30.3 Å². The van der Waals surface area contributed by atoms with E-state index < -0.39 is 0 Å². The fraction of sp³-hybridized carbons (Fsp3) is 0.111. The van der Waals surface area contributed by atoms with Gasteiger partial charge in [-0.25, -0.2) is 9.97 Å². The van der Waals surface area contributed by atoms with Crippen LogP contribution in [0.5, 0.6) is 0 Å². The van der Waals surface area contributed by atoms with E-state index in [9.17, 15) is 0 Å². The van der Waals surface area contributed by atoms with Gasteiger partial charge in [0.1, 0.15) is 11.6 Å². The highest BCUT2D eigenvalue weighted by molar-refractivity contribution is 5.71. The zero-order valence-electron chi connectivity index (χ0n) is 14.1. The van der Waals surface area contributed by atoms with Crippen LogP contribution in [0.1, 0.15) is 16.8 Å². The first-order valence-electron chi connectivity index (χ1n) is 8.09. The number of anilines is 4. The molecule has 132 valence electrons. The zero-order chi connectivity index (χ0) is 18.4. The van der Waals surface area contributed by atoms with Crippen LogP contribution in [0.3, 0.4) is 0 Å². The lowest BCUT2D eigenvalue weighted by Gasteiger charge is -2.10. The molecule has 0 aliphatic heterocycles. The van der Waals surface area contributed by atoms with Crippen LogP contribution < -0.4 is 22.5 Å². The largest absolute Gasteiger partial charge is 0.383 e. The van der Waals surface area contributed by atoms with E-state index in [-0.39, 0.29) is 11.9 Å². The molecule has 0 saturated carbocycles. The molecule has 0 fully saturated rings. The molecule has 0 amide bonds. The molecule has 0 aliphatic rings. The molecular formula is C18H20N8. The van der Waals surface area contributed by atoms with Crippen LogP contribution in [0.2, 0.25) is 0 Å². The molecule has 8 heteroatoms. The van der Waals surface area contributed by atoms with E-state index in [0.717, 1.165) is 11.1 Å². The molecule has 8 nitrogen and oxygen atoms in total.